The molecule has 17 aromatic rings. The van der Waals surface area contributed by atoms with Gasteiger partial charge in [-0.2, -0.15) is 20.4 Å². The van der Waals surface area contributed by atoms with Gasteiger partial charge in [0.1, 0.15) is 51.9 Å². The molecule has 674 valence electrons. The molecule has 8 aromatic carbocycles. The molecule has 0 spiro atoms. The summed E-state index contributed by atoms with van der Waals surface area (Å²) in [5, 5.41) is 17.2. The Balaban J connectivity index is 0.000000134. The number of methoxy groups -OCH3 is 7. The van der Waals surface area contributed by atoms with Gasteiger partial charge in [-0.1, -0.05) is 26.7 Å². The van der Waals surface area contributed by atoms with Crippen molar-refractivity contribution in [2.75, 3.05) is 109 Å². The van der Waals surface area contributed by atoms with E-state index in [1.807, 2.05) is 179 Å². The molecule has 1 aliphatic rings. The molecule has 18 rings (SSSR count). The van der Waals surface area contributed by atoms with Gasteiger partial charge in [0.2, 0.25) is 0 Å². The third-order valence-electron chi connectivity index (χ3n) is 22.5. The van der Waals surface area contributed by atoms with Crippen molar-refractivity contribution in [3.63, 3.8) is 0 Å². The number of imidazole rings is 1. The molecule has 131 heavy (non-hydrogen) atoms. The van der Waals surface area contributed by atoms with Crippen LogP contribution in [0.2, 0.25) is 0 Å². The Morgan fingerprint density at radius 3 is 1.05 bits per heavy atom. The maximum absolute atomic E-state index is 14.1. The maximum atomic E-state index is 14.1. The highest BCUT2D eigenvalue weighted by molar-refractivity contribution is 5.87. The Hall–Kier alpha value is -15.1. The Kier molecular flexibility index (Phi) is 29.5. The minimum Gasteiger partial charge on any atom is -0.497 e. The minimum atomic E-state index is -0.333. The molecular weight excluding hydrogens is 1650 g/mol. The molecule has 10 heterocycles. The monoisotopic (exact) mass is 1760 g/mol. The van der Waals surface area contributed by atoms with Gasteiger partial charge >= 0.3 is 0 Å². The summed E-state index contributed by atoms with van der Waals surface area (Å²) in [6.45, 7) is 15.0. The number of fused-ring (bicyclic) bond motifs is 4. The molecule has 1 N–H and O–H groups in total. The molecule has 0 saturated carbocycles. The van der Waals surface area contributed by atoms with Crippen molar-refractivity contribution >= 4 is 89.6 Å². The molecule has 9 aromatic heterocycles. The minimum absolute atomic E-state index is 0.297. The van der Waals surface area contributed by atoms with E-state index >= 15 is 0 Å². The Labute approximate surface area is 761 Å². The number of aromatic amines is 1. The highest BCUT2D eigenvalue weighted by Crippen LogP contribution is 2.41. The molecule has 0 aliphatic carbocycles. The number of nitrogens with one attached hydrogen (secondary N) is 1. The van der Waals surface area contributed by atoms with Gasteiger partial charge in [0, 0.05) is 218 Å². The fourth-order valence-corrected chi connectivity index (χ4v) is 15.6. The number of likely N-dealkylation sites (tertiary alicyclic amines) is 1. The average molecular weight is 1770 g/mol. The third kappa shape index (κ3) is 22.5. The average Bonchev–Trinajstić information content (AvgIpc) is 1.78. The summed E-state index contributed by atoms with van der Waals surface area (Å²) in [5.74, 6) is 5.44. The second-order valence-electron chi connectivity index (χ2n) is 32.0. The normalized spacial score (nSPS) is 11.9. The third-order valence-corrected chi connectivity index (χ3v) is 22.5. The van der Waals surface area contributed by atoms with E-state index in [0.29, 0.717) is 29.8 Å². The van der Waals surface area contributed by atoms with E-state index in [1.165, 1.54) is 51.6 Å². The molecule has 0 atom stereocenters. The highest BCUT2D eigenvalue weighted by atomic mass is 19.1. The van der Waals surface area contributed by atoms with Crippen LogP contribution in [-0.4, -0.2) is 183 Å². The summed E-state index contributed by atoms with van der Waals surface area (Å²) in [6.07, 6.45) is 33.8. The first kappa shape index (κ1) is 90.6. The van der Waals surface area contributed by atoms with Crippen LogP contribution in [-0.2, 0) is 27.7 Å². The van der Waals surface area contributed by atoms with Gasteiger partial charge in [-0.15, -0.1) is 0 Å². The van der Waals surface area contributed by atoms with Crippen LogP contribution in [0.15, 0.2) is 232 Å². The smallest absolute Gasteiger partial charge is 0.128 e. The molecule has 1 saturated heterocycles. The predicted octanol–water partition coefficient (Wildman–Crippen LogP) is 19.9. The van der Waals surface area contributed by atoms with Gasteiger partial charge in [-0.25, -0.2) is 29.3 Å². The number of H-pyrrole nitrogens is 1. The zero-order valence-corrected chi connectivity index (χ0v) is 76.5. The molecule has 0 bridgehead atoms. The summed E-state index contributed by atoms with van der Waals surface area (Å²) in [5.41, 5.74) is 21.1. The second-order valence-corrected chi connectivity index (χ2v) is 32.0. The summed E-state index contributed by atoms with van der Waals surface area (Å²) >= 11 is 0. The van der Waals surface area contributed by atoms with Crippen LogP contribution in [0.25, 0.3) is 89.2 Å². The molecule has 31 heteroatoms. The molecule has 1 fully saturated rings. The van der Waals surface area contributed by atoms with Crippen molar-refractivity contribution in [1.82, 2.24) is 93.9 Å². The van der Waals surface area contributed by atoms with Crippen LogP contribution in [0.1, 0.15) is 84.5 Å². The van der Waals surface area contributed by atoms with E-state index in [2.05, 4.69) is 139 Å². The molecule has 30 nitrogen and oxygen atoms in total. The fraction of sp³-hybridized carbons (Fsp3) is 0.290. The van der Waals surface area contributed by atoms with Gasteiger partial charge in [0.15, 0.2) is 0 Å². The first-order valence-corrected chi connectivity index (χ1v) is 43.8. The number of benzene rings is 8. The zero-order chi connectivity index (χ0) is 91.4. The van der Waals surface area contributed by atoms with Crippen LogP contribution in [0.3, 0.4) is 0 Å². The van der Waals surface area contributed by atoms with Gasteiger partial charge in [0.25, 0.3) is 0 Å². The molecule has 1 aliphatic heterocycles. The van der Waals surface area contributed by atoms with Crippen LogP contribution >= 0.6 is 0 Å². The largest absolute Gasteiger partial charge is 0.497 e. The van der Waals surface area contributed by atoms with E-state index in [0.717, 1.165) is 215 Å². The van der Waals surface area contributed by atoms with Crippen LogP contribution in [0.4, 0.5) is 49.9 Å². The van der Waals surface area contributed by atoms with Crippen molar-refractivity contribution in [2.45, 2.75) is 85.2 Å². The van der Waals surface area contributed by atoms with E-state index in [1.54, 1.807) is 87.7 Å². The summed E-state index contributed by atoms with van der Waals surface area (Å²) < 4.78 is 59.7. The molecule has 0 unspecified atom stereocenters. The topological polar surface area (TPSA) is 284 Å². The van der Waals surface area contributed by atoms with Crippen molar-refractivity contribution in [3.05, 3.63) is 244 Å². The number of aryl methyl sites for hydroxylation is 3. The van der Waals surface area contributed by atoms with E-state index in [9.17, 15) is 4.39 Å². The summed E-state index contributed by atoms with van der Waals surface area (Å²) in [7, 11) is 17.2. The first-order valence-electron chi connectivity index (χ1n) is 43.8. The Morgan fingerprint density at radius 2 is 0.710 bits per heavy atom. The quantitative estimate of drug-likeness (QED) is 0.0422. The number of anilines is 8. The SMILES string of the molecule is CCCCN(c1cc(OC)cc(OC)c1)c1ccc2ncc(-c3cnn(C(C)C)c3)nc2c1.CCCN(c1cc(F)cc(OC)c1)c1ccc2ncc(-c3cnn(C)c3)nc2c1.COc1cc(OC)cc(N(CCCN2CCCCC2)c2ccc3ncc(-c4cnn(C)c4)nc3c2)c1.COc1cc(OC)cc(N(Cc2ncc[nH]2)c2ccc3ncc(-c4cnn(C)c4)nc3c2)c1. The van der Waals surface area contributed by atoms with Crippen molar-refractivity contribution in [1.29, 1.82) is 0 Å². The van der Waals surface area contributed by atoms with Gasteiger partial charge in [0.05, 0.1) is 173 Å². The van der Waals surface area contributed by atoms with Gasteiger partial charge in [-0.05, 0) is 144 Å². The standard InChI is InChI=1S/C28H34N6O2.C26H31N5O2.C24H23N7O2.C22H22FN5O/c1-32-20-21(18-30-32)28-19-29-26-9-8-22(16-27(26)31-28)34(13-7-12-33-10-5-4-6-11-33)23-14-24(35-2)17-25(15-23)36-3;1-6-7-10-30(21-11-22(32-4)14-23(12-21)33-5)20-8-9-24-25(13-20)29-26(16-27-24)19-15-28-31(17-19)18(2)3;1-30-14-16(12-28-30)23-13-27-21-5-4-17(10-22(21)29-23)31(15-24-25-6-7-26-24)18-8-19(32-2)11-20(9-18)33-3;1-4-7-28(18-8-16(23)9-19(10-18)29-3)17-5-6-20-21(11-17)26-22(13-24-20)15-12-25-27(2)14-15/h8-9,14-20H,4-7,10-13H2,1-3H3;8-9,11-18H,6-7,10H2,1-5H3;4-14H,15H2,1-3H3,(H,25,26);5-6,8-14H,4,7H2,1-3H3. The Bertz CT molecular complexity index is 6620. The van der Waals surface area contributed by atoms with E-state index in [-0.39, 0.29) is 5.82 Å². The number of hydrogen-bond donors (Lipinski definition) is 1. The molecule has 0 radical (unpaired) electrons. The van der Waals surface area contributed by atoms with Crippen LogP contribution in [0, 0.1) is 5.82 Å². The van der Waals surface area contributed by atoms with Crippen molar-refractivity contribution < 1.29 is 37.5 Å². The first-order chi connectivity index (χ1) is 63.8. The van der Waals surface area contributed by atoms with Crippen molar-refractivity contribution in [2.24, 2.45) is 21.1 Å². The zero-order valence-electron chi connectivity index (χ0n) is 76.5. The number of rotatable bonds is 31. The lowest BCUT2D eigenvalue weighted by molar-refractivity contribution is 0.227. The summed E-state index contributed by atoms with van der Waals surface area (Å²) in [4.78, 5) is 56.8. The lowest BCUT2D eigenvalue weighted by Crippen LogP contribution is -2.32. The van der Waals surface area contributed by atoms with Gasteiger partial charge < -0.3 is 62.6 Å². The lowest BCUT2D eigenvalue weighted by atomic mass is 10.1. The maximum Gasteiger partial charge on any atom is 0.128 e. The van der Waals surface area contributed by atoms with Gasteiger partial charge in [-0.3, -0.25) is 38.7 Å². The second kappa shape index (κ2) is 42.6. The predicted molar refractivity (Wildman–Crippen MR) is 514 cm³/mol. The van der Waals surface area contributed by atoms with Crippen LogP contribution in [0.5, 0.6) is 40.2 Å². The van der Waals surface area contributed by atoms with Crippen LogP contribution < -0.4 is 52.8 Å². The van der Waals surface area contributed by atoms with E-state index in [4.69, 9.17) is 53.1 Å². The molecular formula is C100H110FN23O7. The number of nitrogens with zero attached hydrogens (tertiary/aromatic N) is 22. The lowest BCUT2D eigenvalue weighted by Gasteiger charge is -2.29. The number of aromatic nitrogens is 18. The number of piperidine rings is 1. The molecule has 0 amide bonds. The fourth-order valence-electron chi connectivity index (χ4n) is 15.6. The number of halogens is 1. The number of ether oxygens (including phenoxy) is 7. The number of unbranched alkanes of at least 4 members (excludes halogenated alkanes) is 1. The van der Waals surface area contributed by atoms with Crippen molar-refractivity contribution in [3.8, 4) is 85.3 Å². The van der Waals surface area contributed by atoms with E-state index < -0.39 is 0 Å². The summed E-state index contributed by atoms with van der Waals surface area (Å²) in [6, 6.07) is 47.2. The number of hydrogen-bond acceptors (Lipinski definition) is 25. The highest BCUT2D eigenvalue weighted by Gasteiger charge is 2.23. The Morgan fingerprint density at radius 1 is 0.359 bits per heavy atom.